The molecule has 6 heteroatoms. The van der Waals surface area contributed by atoms with Crippen LogP contribution in [0.1, 0.15) is 27.0 Å². The molecule has 25 heavy (non-hydrogen) atoms. The molecule has 0 heterocycles. The van der Waals surface area contributed by atoms with Crippen LogP contribution in [0.25, 0.3) is 0 Å². The second kappa shape index (κ2) is 8.63. The van der Waals surface area contributed by atoms with Gasteiger partial charge in [-0.2, -0.15) is 0 Å². The number of carbonyl (C=O) groups is 3. The SMILES string of the molecule is Cc1ccc(C(=O)OCC(=O)NC(=O)NCc2ccccc2)c(C)c1. The number of hydrogen-bond acceptors (Lipinski definition) is 4. The molecule has 0 atom stereocenters. The number of ether oxygens (including phenoxy) is 1. The van der Waals surface area contributed by atoms with E-state index in [0.29, 0.717) is 12.1 Å². The van der Waals surface area contributed by atoms with Crippen LogP contribution in [0.3, 0.4) is 0 Å². The molecule has 0 aliphatic rings. The number of nitrogens with one attached hydrogen (secondary N) is 2. The van der Waals surface area contributed by atoms with Crippen molar-refractivity contribution in [1.29, 1.82) is 0 Å². The molecule has 3 amide bonds. The lowest BCUT2D eigenvalue weighted by Crippen LogP contribution is -2.41. The zero-order valence-electron chi connectivity index (χ0n) is 14.2. The molecular formula is C19H20N2O4. The molecule has 2 rings (SSSR count). The van der Waals surface area contributed by atoms with Gasteiger partial charge in [-0.1, -0.05) is 48.0 Å². The van der Waals surface area contributed by atoms with E-state index in [1.807, 2.05) is 43.3 Å². The van der Waals surface area contributed by atoms with Gasteiger partial charge in [0.05, 0.1) is 5.56 Å². The lowest BCUT2D eigenvalue weighted by molar-refractivity contribution is -0.123. The van der Waals surface area contributed by atoms with Crippen LogP contribution in [-0.2, 0) is 16.1 Å². The summed E-state index contributed by atoms with van der Waals surface area (Å²) in [5.74, 6) is -1.29. The number of imide groups is 1. The molecule has 0 aliphatic heterocycles. The van der Waals surface area contributed by atoms with Crippen LogP contribution >= 0.6 is 0 Å². The summed E-state index contributed by atoms with van der Waals surface area (Å²) in [5, 5.41) is 4.67. The molecule has 0 radical (unpaired) electrons. The molecule has 2 N–H and O–H groups in total. The lowest BCUT2D eigenvalue weighted by atomic mass is 10.1. The van der Waals surface area contributed by atoms with Crippen molar-refractivity contribution in [2.24, 2.45) is 0 Å². The average molecular weight is 340 g/mol. The van der Waals surface area contributed by atoms with Crippen LogP contribution in [0.4, 0.5) is 4.79 Å². The molecule has 0 aromatic heterocycles. The second-order valence-corrected chi connectivity index (χ2v) is 5.61. The monoisotopic (exact) mass is 340 g/mol. The van der Waals surface area contributed by atoms with Crippen molar-refractivity contribution < 1.29 is 19.1 Å². The van der Waals surface area contributed by atoms with E-state index >= 15 is 0 Å². The van der Waals surface area contributed by atoms with Crippen LogP contribution in [-0.4, -0.2) is 24.5 Å². The summed E-state index contributed by atoms with van der Waals surface area (Å²) in [6.07, 6.45) is 0. The maximum absolute atomic E-state index is 12.0. The van der Waals surface area contributed by atoms with Crippen molar-refractivity contribution in [3.63, 3.8) is 0 Å². The average Bonchev–Trinajstić information content (AvgIpc) is 2.59. The molecule has 6 nitrogen and oxygen atoms in total. The third-order valence-electron chi connectivity index (χ3n) is 3.49. The standard InChI is InChI=1S/C19H20N2O4/c1-13-8-9-16(14(2)10-13)18(23)25-12-17(22)21-19(24)20-11-15-6-4-3-5-7-15/h3-10H,11-12H2,1-2H3,(H2,20,21,22,24). The normalized spacial score (nSPS) is 10.0. The Hall–Kier alpha value is -3.15. The van der Waals surface area contributed by atoms with Crippen LogP contribution in [0.5, 0.6) is 0 Å². The quantitative estimate of drug-likeness (QED) is 0.819. The fourth-order valence-corrected chi connectivity index (χ4v) is 2.24. The molecule has 2 aromatic rings. The van der Waals surface area contributed by atoms with Gasteiger partial charge in [0.15, 0.2) is 6.61 Å². The number of aryl methyl sites for hydroxylation is 2. The minimum absolute atomic E-state index is 0.294. The van der Waals surface area contributed by atoms with Gasteiger partial charge in [0.2, 0.25) is 0 Å². The van der Waals surface area contributed by atoms with Crippen molar-refractivity contribution in [2.45, 2.75) is 20.4 Å². The Bertz CT molecular complexity index is 772. The van der Waals surface area contributed by atoms with Gasteiger partial charge in [0, 0.05) is 6.54 Å². The van der Waals surface area contributed by atoms with Crippen molar-refractivity contribution in [3.8, 4) is 0 Å². The van der Waals surface area contributed by atoms with E-state index in [9.17, 15) is 14.4 Å². The van der Waals surface area contributed by atoms with Crippen LogP contribution in [0.2, 0.25) is 0 Å². The molecule has 0 spiro atoms. The molecular weight excluding hydrogens is 320 g/mol. The van der Waals surface area contributed by atoms with Crippen molar-refractivity contribution in [3.05, 3.63) is 70.8 Å². The van der Waals surface area contributed by atoms with Crippen LogP contribution in [0, 0.1) is 13.8 Å². The Kier molecular flexibility index (Phi) is 6.28. The number of esters is 1. The van der Waals surface area contributed by atoms with Gasteiger partial charge in [-0.05, 0) is 31.0 Å². The molecule has 2 aromatic carbocycles. The summed E-state index contributed by atoms with van der Waals surface area (Å²) < 4.78 is 4.94. The summed E-state index contributed by atoms with van der Waals surface area (Å²) in [5.41, 5.74) is 3.10. The third-order valence-corrected chi connectivity index (χ3v) is 3.49. The number of amides is 3. The predicted octanol–water partition coefficient (Wildman–Crippen LogP) is 2.49. The van der Waals surface area contributed by atoms with E-state index < -0.39 is 24.5 Å². The second-order valence-electron chi connectivity index (χ2n) is 5.61. The smallest absolute Gasteiger partial charge is 0.338 e. The Morgan fingerprint density at radius 2 is 1.72 bits per heavy atom. The summed E-state index contributed by atoms with van der Waals surface area (Å²) in [6.45, 7) is 3.48. The molecule has 0 unspecified atom stereocenters. The van der Waals surface area contributed by atoms with Crippen molar-refractivity contribution in [1.82, 2.24) is 10.6 Å². The number of urea groups is 1. The maximum Gasteiger partial charge on any atom is 0.338 e. The molecule has 0 aliphatic carbocycles. The number of rotatable bonds is 5. The van der Waals surface area contributed by atoms with E-state index in [1.165, 1.54) is 0 Å². The van der Waals surface area contributed by atoms with Crippen molar-refractivity contribution in [2.75, 3.05) is 6.61 Å². The van der Waals surface area contributed by atoms with E-state index in [2.05, 4.69) is 10.6 Å². The summed E-state index contributed by atoms with van der Waals surface area (Å²) in [7, 11) is 0. The fraction of sp³-hybridized carbons (Fsp3) is 0.211. The highest BCUT2D eigenvalue weighted by molar-refractivity contribution is 5.97. The van der Waals surface area contributed by atoms with Gasteiger partial charge in [-0.25, -0.2) is 9.59 Å². The molecule has 0 saturated carbocycles. The Balaban J connectivity index is 1.76. The summed E-state index contributed by atoms with van der Waals surface area (Å²) >= 11 is 0. The van der Waals surface area contributed by atoms with E-state index in [0.717, 1.165) is 16.7 Å². The van der Waals surface area contributed by atoms with Crippen LogP contribution < -0.4 is 10.6 Å². The third kappa shape index (κ3) is 5.76. The Labute approximate surface area is 146 Å². The van der Waals surface area contributed by atoms with Gasteiger partial charge in [-0.15, -0.1) is 0 Å². The fourth-order valence-electron chi connectivity index (χ4n) is 2.24. The van der Waals surface area contributed by atoms with E-state index in [4.69, 9.17) is 4.74 Å². The highest BCUT2D eigenvalue weighted by Gasteiger charge is 2.14. The van der Waals surface area contributed by atoms with Gasteiger partial charge >= 0.3 is 12.0 Å². The van der Waals surface area contributed by atoms with Gasteiger partial charge in [-0.3, -0.25) is 10.1 Å². The summed E-state index contributed by atoms with van der Waals surface area (Å²) in [6, 6.07) is 13.9. The van der Waals surface area contributed by atoms with Gasteiger partial charge in [0.1, 0.15) is 0 Å². The number of benzene rings is 2. The van der Waals surface area contributed by atoms with Gasteiger partial charge < -0.3 is 10.1 Å². The molecule has 0 fully saturated rings. The molecule has 0 bridgehead atoms. The van der Waals surface area contributed by atoms with Gasteiger partial charge in [0.25, 0.3) is 5.91 Å². The Morgan fingerprint density at radius 1 is 1.00 bits per heavy atom. The number of hydrogen-bond donors (Lipinski definition) is 2. The zero-order chi connectivity index (χ0) is 18.2. The predicted molar refractivity (Wildman–Crippen MR) is 93.0 cm³/mol. The number of carbonyl (C=O) groups excluding carboxylic acids is 3. The topological polar surface area (TPSA) is 84.5 Å². The first-order chi connectivity index (χ1) is 12.0. The zero-order valence-corrected chi connectivity index (χ0v) is 14.2. The summed E-state index contributed by atoms with van der Waals surface area (Å²) in [4.78, 5) is 35.3. The highest BCUT2D eigenvalue weighted by atomic mass is 16.5. The minimum atomic E-state index is -0.691. The first kappa shape index (κ1) is 18.2. The van der Waals surface area contributed by atoms with Crippen LogP contribution in [0.15, 0.2) is 48.5 Å². The van der Waals surface area contributed by atoms with E-state index in [1.54, 1.807) is 19.1 Å². The first-order valence-electron chi connectivity index (χ1n) is 7.81. The van der Waals surface area contributed by atoms with Crippen molar-refractivity contribution >= 4 is 17.9 Å². The maximum atomic E-state index is 12.0. The Morgan fingerprint density at radius 3 is 2.40 bits per heavy atom. The highest BCUT2D eigenvalue weighted by Crippen LogP contribution is 2.11. The largest absolute Gasteiger partial charge is 0.452 e. The minimum Gasteiger partial charge on any atom is -0.452 e. The lowest BCUT2D eigenvalue weighted by Gasteiger charge is -2.09. The molecule has 0 saturated heterocycles. The molecule has 130 valence electrons. The first-order valence-corrected chi connectivity index (χ1v) is 7.81. The van der Waals surface area contributed by atoms with E-state index in [-0.39, 0.29) is 0 Å².